The number of urea groups is 1. The molecule has 7 heteroatoms. The first-order valence-electron chi connectivity index (χ1n) is 7.57. The smallest absolute Gasteiger partial charge is 0.321 e. The van der Waals surface area contributed by atoms with Gasteiger partial charge < -0.3 is 5.32 Å². The Hall–Kier alpha value is -2.02. The fourth-order valence-corrected chi connectivity index (χ4v) is 3.52. The highest BCUT2D eigenvalue weighted by atomic mass is 32.1. The zero-order valence-electron chi connectivity index (χ0n) is 12.1. The van der Waals surface area contributed by atoms with Crippen LogP contribution >= 0.6 is 11.3 Å². The molecule has 0 aromatic carbocycles. The molecule has 6 nitrogen and oxygen atoms in total. The van der Waals surface area contributed by atoms with Crippen LogP contribution in [0.1, 0.15) is 49.5 Å². The number of nitrogens with zero attached hydrogens (tertiary/aromatic N) is 3. The standard InChI is InChI=1S/C15H17N5OS/c21-13(19-14-18-11(9-22-14)10-3-4-10)20-15(5-1-6-15)12-16-7-2-8-17-12/h2,7-10H,1,3-6H2,(H2,18,19,20,21). The summed E-state index contributed by atoms with van der Waals surface area (Å²) in [7, 11) is 0. The van der Waals surface area contributed by atoms with Crippen LogP contribution in [0, 0.1) is 0 Å². The second-order valence-corrected chi connectivity index (χ2v) is 6.80. The third-order valence-corrected chi connectivity index (χ3v) is 5.07. The summed E-state index contributed by atoms with van der Waals surface area (Å²) < 4.78 is 0. The van der Waals surface area contributed by atoms with Crippen LogP contribution in [0.5, 0.6) is 0 Å². The zero-order chi connectivity index (χ0) is 15.0. The fraction of sp³-hybridized carbons (Fsp3) is 0.467. The molecule has 2 N–H and O–H groups in total. The first kappa shape index (κ1) is 13.6. The molecule has 2 aromatic rings. The van der Waals surface area contributed by atoms with Crippen molar-refractivity contribution in [2.75, 3.05) is 5.32 Å². The maximum Gasteiger partial charge on any atom is 0.321 e. The van der Waals surface area contributed by atoms with Gasteiger partial charge in [0.05, 0.1) is 5.69 Å². The Kier molecular flexibility index (Phi) is 3.29. The van der Waals surface area contributed by atoms with E-state index in [4.69, 9.17) is 0 Å². The van der Waals surface area contributed by atoms with E-state index < -0.39 is 5.54 Å². The monoisotopic (exact) mass is 315 g/mol. The summed E-state index contributed by atoms with van der Waals surface area (Å²) in [5, 5.41) is 8.57. The van der Waals surface area contributed by atoms with E-state index in [0.717, 1.165) is 25.0 Å². The quantitative estimate of drug-likeness (QED) is 0.909. The molecule has 2 heterocycles. The molecule has 0 bridgehead atoms. The number of nitrogens with one attached hydrogen (secondary N) is 2. The van der Waals surface area contributed by atoms with E-state index in [1.165, 1.54) is 24.2 Å². The second kappa shape index (κ2) is 5.31. The van der Waals surface area contributed by atoms with Crippen molar-refractivity contribution in [2.24, 2.45) is 0 Å². The summed E-state index contributed by atoms with van der Waals surface area (Å²) in [5.74, 6) is 1.29. The van der Waals surface area contributed by atoms with E-state index in [0.29, 0.717) is 16.9 Å². The number of hydrogen-bond donors (Lipinski definition) is 2. The summed E-state index contributed by atoms with van der Waals surface area (Å²) in [6, 6.07) is 1.55. The van der Waals surface area contributed by atoms with Crippen molar-refractivity contribution in [1.29, 1.82) is 0 Å². The average molecular weight is 315 g/mol. The van der Waals surface area contributed by atoms with E-state index in [1.54, 1.807) is 18.5 Å². The summed E-state index contributed by atoms with van der Waals surface area (Å²) in [4.78, 5) is 25.4. The minimum Gasteiger partial charge on any atom is -0.325 e. The van der Waals surface area contributed by atoms with Gasteiger partial charge in [0, 0.05) is 23.7 Å². The van der Waals surface area contributed by atoms with Gasteiger partial charge in [-0.1, -0.05) is 0 Å². The van der Waals surface area contributed by atoms with E-state index >= 15 is 0 Å². The molecule has 114 valence electrons. The lowest BCUT2D eigenvalue weighted by Gasteiger charge is -2.40. The molecule has 0 saturated heterocycles. The van der Waals surface area contributed by atoms with Gasteiger partial charge in [-0.2, -0.15) is 0 Å². The molecule has 2 fully saturated rings. The van der Waals surface area contributed by atoms with Crippen LogP contribution in [0.15, 0.2) is 23.8 Å². The van der Waals surface area contributed by atoms with Crippen molar-refractivity contribution in [1.82, 2.24) is 20.3 Å². The molecule has 0 atom stereocenters. The maximum atomic E-state index is 12.3. The number of thiazole rings is 1. The maximum absolute atomic E-state index is 12.3. The van der Waals surface area contributed by atoms with Crippen LogP contribution in [0.3, 0.4) is 0 Å². The summed E-state index contributed by atoms with van der Waals surface area (Å²) >= 11 is 1.48. The largest absolute Gasteiger partial charge is 0.325 e. The van der Waals surface area contributed by atoms with Gasteiger partial charge in [-0.25, -0.2) is 19.7 Å². The molecule has 0 spiro atoms. The van der Waals surface area contributed by atoms with E-state index in [9.17, 15) is 4.79 Å². The Morgan fingerprint density at radius 1 is 1.27 bits per heavy atom. The minimum atomic E-state index is -0.429. The SMILES string of the molecule is O=C(Nc1nc(C2CC2)cs1)NC1(c2ncccn2)CCC1. The van der Waals surface area contributed by atoms with E-state index in [2.05, 4.69) is 25.6 Å². The van der Waals surface area contributed by atoms with Crippen molar-refractivity contribution in [3.8, 4) is 0 Å². The van der Waals surface area contributed by atoms with Crippen LogP contribution in [0.4, 0.5) is 9.93 Å². The molecule has 2 aliphatic rings. The van der Waals surface area contributed by atoms with Crippen LogP contribution in [0.25, 0.3) is 0 Å². The molecular weight excluding hydrogens is 298 g/mol. The third-order valence-electron chi connectivity index (χ3n) is 4.29. The predicted molar refractivity (Wildman–Crippen MR) is 83.8 cm³/mol. The van der Waals surface area contributed by atoms with Crippen LogP contribution in [0.2, 0.25) is 0 Å². The highest BCUT2D eigenvalue weighted by Gasteiger charge is 2.42. The molecule has 0 radical (unpaired) electrons. The Morgan fingerprint density at radius 3 is 2.68 bits per heavy atom. The van der Waals surface area contributed by atoms with Gasteiger partial charge in [0.15, 0.2) is 11.0 Å². The van der Waals surface area contributed by atoms with Crippen LogP contribution in [-0.2, 0) is 5.54 Å². The fourth-order valence-electron chi connectivity index (χ4n) is 2.74. The van der Waals surface area contributed by atoms with Gasteiger partial charge in [0.1, 0.15) is 5.54 Å². The number of carbonyl (C=O) groups excluding carboxylic acids is 1. The van der Waals surface area contributed by atoms with Crippen molar-refractivity contribution in [2.45, 2.75) is 43.6 Å². The van der Waals surface area contributed by atoms with Crippen molar-refractivity contribution < 1.29 is 4.79 Å². The second-order valence-electron chi connectivity index (χ2n) is 5.94. The number of rotatable bonds is 4. The summed E-state index contributed by atoms with van der Waals surface area (Å²) in [6.45, 7) is 0. The molecule has 2 saturated carbocycles. The number of amides is 2. The van der Waals surface area contributed by atoms with E-state index in [1.807, 2.05) is 5.38 Å². The molecule has 2 amide bonds. The first-order chi connectivity index (χ1) is 10.8. The normalized spacial score (nSPS) is 19.3. The van der Waals surface area contributed by atoms with Crippen LogP contribution in [-0.4, -0.2) is 21.0 Å². The molecule has 0 aliphatic heterocycles. The third kappa shape index (κ3) is 2.56. The molecule has 0 unspecified atom stereocenters. The Balaban J connectivity index is 1.44. The number of anilines is 1. The van der Waals surface area contributed by atoms with Gasteiger partial charge in [0.25, 0.3) is 0 Å². The van der Waals surface area contributed by atoms with Gasteiger partial charge in [0.2, 0.25) is 0 Å². The Bertz CT molecular complexity index is 678. The lowest BCUT2D eigenvalue weighted by atomic mass is 9.76. The molecule has 2 aliphatic carbocycles. The summed E-state index contributed by atoms with van der Waals surface area (Å²) in [5.41, 5.74) is 0.673. The van der Waals surface area contributed by atoms with Crippen molar-refractivity contribution in [3.63, 3.8) is 0 Å². The lowest BCUT2D eigenvalue weighted by molar-refractivity contribution is 0.175. The lowest BCUT2D eigenvalue weighted by Crippen LogP contribution is -2.53. The van der Waals surface area contributed by atoms with Gasteiger partial charge in [-0.05, 0) is 38.2 Å². The Labute approximate surface area is 132 Å². The number of aromatic nitrogens is 3. The van der Waals surface area contributed by atoms with Gasteiger partial charge in [-0.15, -0.1) is 11.3 Å². The molecule has 4 rings (SSSR count). The topological polar surface area (TPSA) is 79.8 Å². The molecule has 2 aromatic heterocycles. The van der Waals surface area contributed by atoms with Gasteiger partial charge >= 0.3 is 6.03 Å². The predicted octanol–water partition coefficient (Wildman–Crippen LogP) is 3.01. The van der Waals surface area contributed by atoms with E-state index in [-0.39, 0.29) is 6.03 Å². The first-order valence-corrected chi connectivity index (χ1v) is 8.45. The van der Waals surface area contributed by atoms with Crippen molar-refractivity contribution >= 4 is 22.5 Å². The van der Waals surface area contributed by atoms with Crippen LogP contribution < -0.4 is 10.6 Å². The number of hydrogen-bond acceptors (Lipinski definition) is 5. The average Bonchev–Trinajstić information content (AvgIpc) is 3.25. The number of carbonyl (C=O) groups is 1. The van der Waals surface area contributed by atoms with Crippen molar-refractivity contribution in [3.05, 3.63) is 35.4 Å². The molecular formula is C15H17N5OS. The molecule has 22 heavy (non-hydrogen) atoms. The Morgan fingerprint density at radius 2 is 2.05 bits per heavy atom. The zero-order valence-corrected chi connectivity index (χ0v) is 12.9. The van der Waals surface area contributed by atoms with Gasteiger partial charge in [-0.3, -0.25) is 5.32 Å². The minimum absolute atomic E-state index is 0.233. The highest BCUT2D eigenvalue weighted by Crippen LogP contribution is 2.41. The highest BCUT2D eigenvalue weighted by molar-refractivity contribution is 7.13. The summed E-state index contributed by atoms with van der Waals surface area (Å²) in [6.07, 6.45) is 8.66.